The highest BCUT2D eigenvalue weighted by Gasteiger charge is 2.35. The first-order valence-electron chi connectivity index (χ1n) is 6.53. The van der Waals surface area contributed by atoms with Gasteiger partial charge in [0.05, 0.1) is 23.5 Å². The molecule has 1 aliphatic heterocycles. The third-order valence-electron chi connectivity index (χ3n) is 3.92. The SMILES string of the molecule is CCC(=O)c1c(C)nn2c1CNC(C1CC1)C2. The third kappa shape index (κ3) is 1.80. The van der Waals surface area contributed by atoms with Crippen LogP contribution in [0.1, 0.15) is 47.9 Å². The molecule has 4 heteroatoms. The van der Waals surface area contributed by atoms with E-state index in [-0.39, 0.29) is 5.78 Å². The molecule has 1 atom stereocenters. The molecule has 1 N–H and O–H groups in total. The molecule has 1 aromatic heterocycles. The van der Waals surface area contributed by atoms with E-state index >= 15 is 0 Å². The summed E-state index contributed by atoms with van der Waals surface area (Å²) >= 11 is 0. The van der Waals surface area contributed by atoms with Crippen molar-refractivity contribution in [2.24, 2.45) is 5.92 Å². The Kier molecular flexibility index (Phi) is 2.54. The number of nitrogens with zero attached hydrogens (tertiary/aromatic N) is 2. The van der Waals surface area contributed by atoms with E-state index in [1.165, 1.54) is 12.8 Å². The highest BCUT2D eigenvalue weighted by atomic mass is 16.1. The van der Waals surface area contributed by atoms with Crippen LogP contribution in [-0.4, -0.2) is 21.6 Å². The minimum absolute atomic E-state index is 0.218. The van der Waals surface area contributed by atoms with Gasteiger partial charge in [0.15, 0.2) is 5.78 Å². The first-order chi connectivity index (χ1) is 8.20. The zero-order valence-corrected chi connectivity index (χ0v) is 10.5. The van der Waals surface area contributed by atoms with Gasteiger partial charge in [-0.15, -0.1) is 0 Å². The second-order valence-corrected chi connectivity index (χ2v) is 5.19. The normalized spacial score (nSPS) is 23.5. The fraction of sp³-hybridized carbons (Fsp3) is 0.692. The predicted octanol–water partition coefficient (Wildman–Crippen LogP) is 1.67. The summed E-state index contributed by atoms with van der Waals surface area (Å²) in [5.74, 6) is 1.05. The van der Waals surface area contributed by atoms with Crippen molar-refractivity contribution in [3.05, 3.63) is 17.0 Å². The van der Waals surface area contributed by atoms with E-state index in [2.05, 4.69) is 15.1 Å². The fourth-order valence-corrected chi connectivity index (χ4v) is 2.79. The Bertz CT molecular complexity index is 459. The summed E-state index contributed by atoms with van der Waals surface area (Å²) in [5.41, 5.74) is 2.84. The van der Waals surface area contributed by atoms with Gasteiger partial charge in [-0.05, 0) is 25.7 Å². The molecule has 0 spiro atoms. The minimum Gasteiger partial charge on any atom is -0.306 e. The summed E-state index contributed by atoms with van der Waals surface area (Å²) in [6.45, 7) is 5.58. The molecule has 1 aromatic rings. The molecule has 1 saturated carbocycles. The number of hydrogen-bond acceptors (Lipinski definition) is 3. The predicted molar refractivity (Wildman–Crippen MR) is 64.9 cm³/mol. The van der Waals surface area contributed by atoms with Crippen LogP contribution in [0.5, 0.6) is 0 Å². The van der Waals surface area contributed by atoms with Gasteiger partial charge in [0.25, 0.3) is 0 Å². The van der Waals surface area contributed by atoms with Crippen LogP contribution >= 0.6 is 0 Å². The molecule has 2 heterocycles. The molecular weight excluding hydrogens is 214 g/mol. The third-order valence-corrected chi connectivity index (χ3v) is 3.92. The average Bonchev–Trinajstić information content (AvgIpc) is 3.10. The van der Waals surface area contributed by atoms with Gasteiger partial charge >= 0.3 is 0 Å². The Labute approximate surface area is 101 Å². The second kappa shape index (κ2) is 3.95. The summed E-state index contributed by atoms with van der Waals surface area (Å²) in [6.07, 6.45) is 3.24. The van der Waals surface area contributed by atoms with Gasteiger partial charge < -0.3 is 5.32 Å². The van der Waals surface area contributed by atoms with E-state index in [9.17, 15) is 4.79 Å². The van der Waals surface area contributed by atoms with Crippen molar-refractivity contribution in [3.8, 4) is 0 Å². The van der Waals surface area contributed by atoms with Crippen LogP contribution in [0, 0.1) is 12.8 Å². The summed E-state index contributed by atoms with van der Waals surface area (Å²) in [4.78, 5) is 11.9. The Balaban J connectivity index is 1.91. The number of carbonyl (C=O) groups is 1. The van der Waals surface area contributed by atoms with E-state index in [1.807, 2.05) is 13.8 Å². The lowest BCUT2D eigenvalue weighted by molar-refractivity contribution is 0.0986. The van der Waals surface area contributed by atoms with Gasteiger partial charge in [-0.3, -0.25) is 9.48 Å². The molecule has 0 saturated heterocycles. The van der Waals surface area contributed by atoms with E-state index < -0.39 is 0 Å². The lowest BCUT2D eigenvalue weighted by atomic mass is 10.0. The highest BCUT2D eigenvalue weighted by Crippen LogP contribution is 2.35. The number of fused-ring (bicyclic) bond motifs is 1. The van der Waals surface area contributed by atoms with Crippen LogP contribution in [-0.2, 0) is 13.1 Å². The Hall–Kier alpha value is -1.16. The van der Waals surface area contributed by atoms with Crippen LogP contribution in [0.15, 0.2) is 0 Å². The van der Waals surface area contributed by atoms with Gasteiger partial charge in [0.1, 0.15) is 0 Å². The first-order valence-corrected chi connectivity index (χ1v) is 6.53. The summed E-state index contributed by atoms with van der Waals surface area (Å²) in [5, 5.41) is 8.09. The molecule has 17 heavy (non-hydrogen) atoms. The number of aryl methyl sites for hydroxylation is 1. The number of ketones is 1. The largest absolute Gasteiger partial charge is 0.306 e. The number of Topliss-reactive ketones (excluding diaryl/α,β-unsaturated/α-hetero) is 1. The number of aromatic nitrogens is 2. The van der Waals surface area contributed by atoms with Crippen LogP contribution in [0.2, 0.25) is 0 Å². The average molecular weight is 233 g/mol. The van der Waals surface area contributed by atoms with Crippen molar-refractivity contribution >= 4 is 5.78 Å². The first kappa shape index (κ1) is 11.0. The molecule has 0 bridgehead atoms. The van der Waals surface area contributed by atoms with E-state index in [0.717, 1.165) is 36.0 Å². The monoisotopic (exact) mass is 233 g/mol. The van der Waals surface area contributed by atoms with Crippen molar-refractivity contribution in [1.82, 2.24) is 15.1 Å². The second-order valence-electron chi connectivity index (χ2n) is 5.19. The van der Waals surface area contributed by atoms with Crippen LogP contribution in [0.3, 0.4) is 0 Å². The van der Waals surface area contributed by atoms with E-state index in [0.29, 0.717) is 12.5 Å². The summed E-state index contributed by atoms with van der Waals surface area (Å²) < 4.78 is 2.05. The number of carbonyl (C=O) groups excluding carboxylic acids is 1. The van der Waals surface area contributed by atoms with E-state index in [4.69, 9.17) is 0 Å². The molecule has 0 aromatic carbocycles. The molecule has 4 nitrogen and oxygen atoms in total. The summed E-state index contributed by atoms with van der Waals surface area (Å²) in [6, 6.07) is 0.561. The van der Waals surface area contributed by atoms with Crippen LogP contribution in [0.25, 0.3) is 0 Å². The number of rotatable bonds is 3. The van der Waals surface area contributed by atoms with Crippen molar-refractivity contribution in [2.45, 2.75) is 52.2 Å². The van der Waals surface area contributed by atoms with Crippen LogP contribution in [0.4, 0.5) is 0 Å². The zero-order chi connectivity index (χ0) is 12.0. The molecule has 0 amide bonds. The molecule has 3 rings (SSSR count). The van der Waals surface area contributed by atoms with Crippen molar-refractivity contribution in [2.75, 3.05) is 0 Å². The molecule has 0 radical (unpaired) electrons. The maximum atomic E-state index is 11.9. The summed E-state index contributed by atoms with van der Waals surface area (Å²) in [7, 11) is 0. The molecule has 2 aliphatic rings. The van der Waals surface area contributed by atoms with E-state index in [1.54, 1.807) is 0 Å². The standard InChI is InChI=1S/C13H19N3O/c1-3-12(17)13-8(2)15-16-7-10(9-4-5-9)14-6-11(13)16/h9-10,14H,3-7H2,1-2H3. The van der Waals surface area contributed by atoms with Crippen molar-refractivity contribution in [1.29, 1.82) is 0 Å². The maximum absolute atomic E-state index is 11.9. The fourth-order valence-electron chi connectivity index (χ4n) is 2.79. The van der Waals surface area contributed by atoms with Gasteiger partial charge in [-0.2, -0.15) is 5.10 Å². The maximum Gasteiger partial charge on any atom is 0.166 e. The van der Waals surface area contributed by atoms with Gasteiger partial charge in [-0.1, -0.05) is 6.92 Å². The van der Waals surface area contributed by atoms with Gasteiger partial charge in [0.2, 0.25) is 0 Å². The molecule has 92 valence electrons. The topological polar surface area (TPSA) is 46.9 Å². The lowest BCUT2D eigenvalue weighted by Gasteiger charge is -2.25. The quantitative estimate of drug-likeness (QED) is 0.808. The Morgan fingerprint density at radius 3 is 2.94 bits per heavy atom. The Morgan fingerprint density at radius 1 is 1.53 bits per heavy atom. The molecule has 1 fully saturated rings. The van der Waals surface area contributed by atoms with Crippen molar-refractivity contribution in [3.63, 3.8) is 0 Å². The molecular formula is C13H19N3O. The zero-order valence-electron chi connectivity index (χ0n) is 10.5. The van der Waals surface area contributed by atoms with Crippen molar-refractivity contribution < 1.29 is 4.79 Å². The van der Waals surface area contributed by atoms with Gasteiger partial charge in [-0.25, -0.2) is 0 Å². The molecule has 1 aliphatic carbocycles. The smallest absolute Gasteiger partial charge is 0.166 e. The highest BCUT2D eigenvalue weighted by molar-refractivity contribution is 5.98. The minimum atomic E-state index is 0.218. The number of hydrogen-bond donors (Lipinski definition) is 1. The molecule has 1 unspecified atom stereocenters. The number of nitrogens with one attached hydrogen (secondary N) is 1. The Morgan fingerprint density at radius 2 is 2.29 bits per heavy atom. The lowest BCUT2D eigenvalue weighted by Crippen LogP contribution is -2.41. The van der Waals surface area contributed by atoms with Gasteiger partial charge in [0, 0.05) is 19.0 Å². The van der Waals surface area contributed by atoms with Crippen LogP contribution < -0.4 is 5.32 Å².